The van der Waals surface area contributed by atoms with Gasteiger partial charge in [-0.2, -0.15) is 0 Å². The maximum atomic E-state index is 4.40. The first-order valence-electron chi connectivity index (χ1n) is 4.42. The van der Waals surface area contributed by atoms with Crippen LogP contribution < -0.4 is 10.7 Å². The molecule has 1 aromatic carbocycles. The topological polar surface area (TPSA) is 24.7 Å². The van der Waals surface area contributed by atoms with Crippen LogP contribution in [0.5, 0.6) is 0 Å². The number of rotatable bonds is 3. The van der Waals surface area contributed by atoms with Crippen LogP contribution in [0.4, 0.5) is 0 Å². The van der Waals surface area contributed by atoms with Gasteiger partial charge in [0.25, 0.3) is 5.50 Å². The molecule has 1 heterocycles. The third-order valence-electron chi connectivity index (χ3n) is 1.75. The van der Waals surface area contributed by atoms with Gasteiger partial charge in [-0.15, -0.1) is 11.8 Å². The van der Waals surface area contributed by atoms with E-state index in [4.69, 9.17) is 0 Å². The van der Waals surface area contributed by atoms with Crippen molar-refractivity contribution in [3.05, 3.63) is 40.5 Å². The first-order valence-corrected chi connectivity index (χ1v) is 5.41. The number of hydrogen-bond donors (Lipinski definition) is 0. The van der Waals surface area contributed by atoms with Crippen LogP contribution in [0.3, 0.4) is 0 Å². The van der Waals surface area contributed by atoms with Crippen molar-refractivity contribution >= 4 is 11.8 Å². The fourth-order valence-electron chi connectivity index (χ4n) is 1.14. The fourth-order valence-corrected chi connectivity index (χ4v) is 1.85. The standard InChI is InChI=1S/C10H11N2S/c1-2-7-13-10-11-8-5-3-4-6-9(8)12-10/h3-6H,2,7H2,1H3. The summed E-state index contributed by atoms with van der Waals surface area (Å²) in [5.74, 6) is 1.09. The molecule has 1 radical (unpaired) electrons. The van der Waals surface area contributed by atoms with E-state index in [1.807, 2.05) is 24.3 Å². The molecule has 2 nitrogen and oxygen atoms in total. The molecule has 0 aliphatic carbocycles. The van der Waals surface area contributed by atoms with Crippen LogP contribution in [-0.2, 0) is 0 Å². The molecule has 0 N–H and O–H groups in total. The number of thioether (sulfide) groups is 1. The number of fused-ring (bicyclic) bond motifs is 1. The predicted molar refractivity (Wildman–Crippen MR) is 54.7 cm³/mol. The van der Waals surface area contributed by atoms with Crippen LogP contribution in [-0.4, -0.2) is 5.75 Å². The summed E-state index contributed by atoms with van der Waals surface area (Å²) in [4.78, 5) is 8.80. The van der Waals surface area contributed by atoms with Gasteiger partial charge in [0.15, 0.2) is 0 Å². The van der Waals surface area contributed by atoms with E-state index >= 15 is 0 Å². The molecule has 1 aliphatic rings. The zero-order chi connectivity index (χ0) is 9.10. The molecule has 0 aromatic heterocycles. The van der Waals surface area contributed by atoms with Crippen LogP contribution in [0.15, 0.2) is 34.3 Å². The maximum Gasteiger partial charge on any atom is 0.254 e. The highest BCUT2D eigenvalue weighted by molar-refractivity contribution is 8.02. The van der Waals surface area contributed by atoms with Crippen molar-refractivity contribution in [2.24, 2.45) is 9.98 Å². The summed E-state index contributed by atoms with van der Waals surface area (Å²) in [6.45, 7) is 2.16. The molecule has 0 atom stereocenters. The summed E-state index contributed by atoms with van der Waals surface area (Å²) in [5, 5.41) is 2.00. The zero-order valence-electron chi connectivity index (χ0n) is 7.53. The Balaban J connectivity index is 2.20. The van der Waals surface area contributed by atoms with Crippen molar-refractivity contribution in [1.82, 2.24) is 0 Å². The van der Waals surface area contributed by atoms with Crippen LogP contribution in [0, 0.1) is 5.50 Å². The second-order valence-corrected chi connectivity index (χ2v) is 3.91. The van der Waals surface area contributed by atoms with Crippen LogP contribution >= 0.6 is 11.8 Å². The van der Waals surface area contributed by atoms with Gasteiger partial charge < -0.3 is 0 Å². The molecule has 0 amide bonds. The molecule has 0 bridgehead atoms. The van der Waals surface area contributed by atoms with Gasteiger partial charge in [-0.25, -0.2) is 9.98 Å². The van der Waals surface area contributed by atoms with Crippen molar-refractivity contribution < 1.29 is 0 Å². The zero-order valence-corrected chi connectivity index (χ0v) is 8.34. The summed E-state index contributed by atoms with van der Waals surface area (Å²) >= 11 is 1.72. The Hall–Kier alpha value is -0.830. The molecule has 0 unspecified atom stereocenters. The highest BCUT2D eigenvalue weighted by Gasteiger charge is 2.10. The maximum absolute atomic E-state index is 4.40. The van der Waals surface area contributed by atoms with Gasteiger partial charge in [-0.3, -0.25) is 0 Å². The van der Waals surface area contributed by atoms with E-state index in [-0.39, 0.29) is 0 Å². The molecule has 67 valence electrons. The van der Waals surface area contributed by atoms with Crippen molar-refractivity contribution in [2.45, 2.75) is 13.3 Å². The van der Waals surface area contributed by atoms with Gasteiger partial charge in [-0.05, 0) is 24.3 Å². The lowest BCUT2D eigenvalue weighted by molar-refractivity contribution is 1.09. The Kier molecular flexibility index (Phi) is 2.64. The molecule has 1 aromatic rings. The Morgan fingerprint density at radius 3 is 2.31 bits per heavy atom. The number of nitrogens with zero attached hydrogens (tertiary/aromatic N) is 2. The fraction of sp³-hybridized carbons (Fsp3) is 0.300. The van der Waals surface area contributed by atoms with Gasteiger partial charge in [-0.1, -0.05) is 19.1 Å². The van der Waals surface area contributed by atoms with Crippen molar-refractivity contribution in [2.75, 3.05) is 5.75 Å². The summed E-state index contributed by atoms with van der Waals surface area (Å²) in [7, 11) is 0. The quantitative estimate of drug-likeness (QED) is 0.711. The van der Waals surface area contributed by atoms with E-state index in [9.17, 15) is 0 Å². The molecule has 13 heavy (non-hydrogen) atoms. The molecule has 0 saturated carbocycles. The Morgan fingerprint density at radius 2 is 1.77 bits per heavy atom. The summed E-state index contributed by atoms with van der Waals surface area (Å²) < 4.78 is 0. The van der Waals surface area contributed by atoms with Gasteiger partial charge in [0.2, 0.25) is 0 Å². The smallest absolute Gasteiger partial charge is 0.238 e. The van der Waals surface area contributed by atoms with E-state index in [0.717, 1.165) is 28.4 Å². The van der Waals surface area contributed by atoms with E-state index < -0.39 is 0 Å². The van der Waals surface area contributed by atoms with E-state index in [1.54, 1.807) is 11.8 Å². The lowest BCUT2D eigenvalue weighted by atomic mass is 10.3. The summed E-state index contributed by atoms with van der Waals surface area (Å²) in [5.41, 5.74) is 0.906. The van der Waals surface area contributed by atoms with Crippen molar-refractivity contribution in [1.29, 1.82) is 0 Å². The van der Waals surface area contributed by atoms with Crippen LogP contribution in [0.2, 0.25) is 0 Å². The lowest BCUT2D eigenvalue weighted by Crippen LogP contribution is -2.19. The number of para-hydroxylation sites is 2. The van der Waals surface area contributed by atoms with Gasteiger partial charge in [0.05, 0.1) is 10.7 Å². The third-order valence-corrected chi connectivity index (χ3v) is 2.80. The molecule has 0 saturated heterocycles. The molecule has 0 fully saturated rings. The van der Waals surface area contributed by atoms with Gasteiger partial charge in [0.1, 0.15) is 0 Å². The van der Waals surface area contributed by atoms with Gasteiger partial charge >= 0.3 is 0 Å². The van der Waals surface area contributed by atoms with Crippen LogP contribution in [0.25, 0.3) is 0 Å². The normalized spacial score (nSPS) is 14.8. The number of hydrogen-bond acceptors (Lipinski definition) is 3. The van der Waals surface area contributed by atoms with Crippen LogP contribution in [0.1, 0.15) is 13.3 Å². The number of benzene rings is 1. The molecule has 3 heteroatoms. The van der Waals surface area contributed by atoms with E-state index in [0.29, 0.717) is 0 Å². The van der Waals surface area contributed by atoms with Crippen molar-refractivity contribution in [3.8, 4) is 0 Å². The monoisotopic (exact) mass is 191 g/mol. The minimum atomic E-state index is 0.906. The lowest BCUT2D eigenvalue weighted by Gasteiger charge is -1.97. The van der Waals surface area contributed by atoms with Crippen molar-refractivity contribution in [3.63, 3.8) is 0 Å². The minimum Gasteiger partial charge on any atom is -0.238 e. The summed E-state index contributed by atoms with van der Waals surface area (Å²) in [6.07, 6.45) is 1.16. The first-order chi connectivity index (χ1) is 6.40. The molecule has 2 rings (SSSR count). The Labute approximate surface area is 81.8 Å². The Bertz CT molecular complexity index is 365. The molecule has 0 spiro atoms. The Morgan fingerprint density at radius 1 is 1.15 bits per heavy atom. The third kappa shape index (κ3) is 1.91. The highest BCUT2D eigenvalue weighted by Crippen LogP contribution is 2.22. The van der Waals surface area contributed by atoms with E-state index in [2.05, 4.69) is 16.9 Å². The highest BCUT2D eigenvalue weighted by atomic mass is 32.2. The first kappa shape index (κ1) is 8.75. The minimum absolute atomic E-state index is 0.906. The van der Waals surface area contributed by atoms with Gasteiger partial charge in [0, 0.05) is 0 Å². The SMILES string of the molecule is CCCS[C]1N=c2ccccc2=N1. The molecular formula is C10H11N2S. The average molecular weight is 191 g/mol. The predicted octanol–water partition coefficient (Wildman–Crippen LogP) is 1.53. The average Bonchev–Trinajstić information content (AvgIpc) is 2.57. The largest absolute Gasteiger partial charge is 0.254 e. The second-order valence-electron chi connectivity index (χ2n) is 2.84. The van der Waals surface area contributed by atoms with E-state index in [1.165, 1.54) is 0 Å². The summed E-state index contributed by atoms with van der Waals surface area (Å²) in [6, 6.07) is 7.98. The second kappa shape index (κ2) is 3.92. The molecular weight excluding hydrogens is 180 g/mol. The molecule has 1 aliphatic heterocycles.